The predicted molar refractivity (Wildman–Crippen MR) is 182 cm³/mol. The molecule has 0 amide bonds. The summed E-state index contributed by atoms with van der Waals surface area (Å²) in [6, 6.07) is 24.0. The molecule has 3 aromatic carbocycles. The fourth-order valence-electron chi connectivity index (χ4n) is 5.97. The highest BCUT2D eigenvalue weighted by Gasteiger charge is 2.23. The minimum Gasteiger partial charge on any atom is -0.462 e. The summed E-state index contributed by atoms with van der Waals surface area (Å²) < 4.78 is 5.58. The van der Waals surface area contributed by atoms with Crippen molar-refractivity contribution in [3.63, 3.8) is 0 Å². The van der Waals surface area contributed by atoms with Crippen LogP contribution < -0.4 is 0 Å². The normalized spacial score (nSPS) is 16.2. The lowest BCUT2D eigenvalue weighted by molar-refractivity contribution is -0.140. The molecule has 0 N–H and O–H groups in total. The zero-order chi connectivity index (χ0) is 31.8. The lowest BCUT2D eigenvalue weighted by atomic mass is 9.79. The SMILES string of the molecule is CC(C)=C(C)C(=O)OCC1CCC(Cc2ccc(Cc3ccc(Cc4ccc(C(=O)C(C)=C(C)C)cc4)cc3)c(C)c2)CC1. The average molecular weight is 591 g/mol. The van der Waals surface area contributed by atoms with Crippen molar-refractivity contribution in [1.29, 1.82) is 0 Å². The van der Waals surface area contributed by atoms with Gasteiger partial charge in [0.1, 0.15) is 0 Å². The Morgan fingerprint density at radius 3 is 1.68 bits per heavy atom. The Morgan fingerprint density at radius 2 is 1.14 bits per heavy atom. The van der Waals surface area contributed by atoms with Crippen molar-refractivity contribution >= 4 is 11.8 Å². The Balaban J connectivity index is 1.25. The number of hydrogen-bond acceptors (Lipinski definition) is 3. The summed E-state index contributed by atoms with van der Waals surface area (Å²) in [7, 11) is 0. The third-order valence-electron chi connectivity index (χ3n) is 9.54. The van der Waals surface area contributed by atoms with Gasteiger partial charge in [-0.2, -0.15) is 0 Å². The molecule has 0 atom stereocenters. The van der Waals surface area contributed by atoms with Crippen LogP contribution in [0.3, 0.4) is 0 Å². The average Bonchev–Trinajstić information content (AvgIpc) is 3.02. The molecule has 0 radical (unpaired) electrons. The first-order chi connectivity index (χ1) is 21.0. The van der Waals surface area contributed by atoms with Crippen molar-refractivity contribution < 1.29 is 14.3 Å². The van der Waals surface area contributed by atoms with E-state index in [-0.39, 0.29) is 11.8 Å². The van der Waals surface area contributed by atoms with Gasteiger partial charge in [-0.1, -0.05) is 77.9 Å². The number of aryl methyl sites for hydroxylation is 1. The van der Waals surface area contributed by atoms with Gasteiger partial charge in [-0.05, 0) is 144 Å². The third-order valence-corrected chi connectivity index (χ3v) is 9.54. The van der Waals surface area contributed by atoms with Crippen LogP contribution in [0.15, 0.2) is 89.0 Å². The lowest BCUT2D eigenvalue weighted by Crippen LogP contribution is -2.22. The van der Waals surface area contributed by atoms with Crippen LogP contribution in [0.4, 0.5) is 0 Å². The van der Waals surface area contributed by atoms with E-state index >= 15 is 0 Å². The molecule has 3 nitrogen and oxygen atoms in total. The summed E-state index contributed by atoms with van der Waals surface area (Å²) in [6.45, 7) is 14.4. The number of Topliss-reactive ketones (excluding diaryl/α,β-unsaturated/α-hetero) is 1. The number of carbonyl (C=O) groups excluding carboxylic acids is 2. The number of ketones is 1. The van der Waals surface area contributed by atoms with Gasteiger partial charge in [-0.3, -0.25) is 4.79 Å². The molecule has 0 bridgehead atoms. The highest BCUT2D eigenvalue weighted by atomic mass is 16.5. The van der Waals surface area contributed by atoms with Crippen LogP contribution in [0, 0.1) is 18.8 Å². The van der Waals surface area contributed by atoms with Crippen LogP contribution in [0.1, 0.15) is 111 Å². The van der Waals surface area contributed by atoms with E-state index in [0.29, 0.717) is 18.4 Å². The molecule has 0 aliphatic heterocycles. The third kappa shape index (κ3) is 9.14. The van der Waals surface area contributed by atoms with Crippen LogP contribution in [-0.4, -0.2) is 18.4 Å². The van der Waals surface area contributed by atoms with Gasteiger partial charge >= 0.3 is 5.97 Å². The number of ether oxygens (including phenoxy) is 1. The summed E-state index contributed by atoms with van der Waals surface area (Å²) >= 11 is 0. The molecule has 1 aliphatic carbocycles. The summed E-state index contributed by atoms with van der Waals surface area (Å²) in [5.41, 5.74) is 12.4. The molecule has 0 unspecified atom stereocenters. The minimum atomic E-state index is -0.162. The van der Waals surface area contributed by atoms with E-state index in [4.69, 9.17) is 4.74 Å². The first-order valence-corrected chi connectivity index (χ1v) is 16.2. The van der Waals surface area contributed by atoms with Crippen LogP contribution in [0.2, 0.25) is 0 Å². The maximum absolute atomic E-state index is 12.6. The standard InChI is InChI=1S/C41H50O3/c1-27(2)30(6)40(42)38-19-16-34(17-20-38)23-32-8-10-35(11-9-32)25-39-21-18-37(22-29(39)5)24-33-12-14-36(15-13-33)26-44-41(43)31(7)28(3)4/h8-11,16-22,33,36H,12-15,23-26H2,1-7H3. The largest absolute Gasteiger partial charge is 0.462 e. The summed E-state index contributed by atoms with van der Waals surface area (Å²) in [4.78, 5) is 24.7. The monoisotopic (exact) mass is 590 g/mol. The summed E-state index contributed by atoms with van der Waals surface area (Å²) in [5.74, 6) is 1.14. The number of rotatable bonds is 11. The molecule has 4 rings (SSSR count). The molecule has 1 aliphatic rings. The molecule has 0 spiro atoms. The second-order valence-electron chi connectivity index (χ2n) is 13.4. The second kappa shape index (κ2) is 15.3. The number of hydrogen-bond donors (Lipinski definition) is 0. The van der Waals surface area contributed by atoms with E-state index < -0.39 is 0 Å². The van der Waals surface area contributed by atoms with Gasteiger partial charge in [-0.25, -0.2) is 4.79 Å². The van der Waals surface area contributed by atoms with Gasteiger partial charge in [0.2, 0.25) is 0 Å². The predicted octanol–water partition coefficient (Wildman–Crippen LogP) is 9.96. The number of esters is 1. The summed E-state index contributed by atoms with van der Waals surface area (Å²) in [5, 5.41) is 0. The van der Waals surface area contributed by atoms with Gasteiger partial charge in [0.15, 0.2) is 5.78 Å². The summed E-state index contributed by atoms with van der Waals surface area (Å²) in [6.07, 6.45) is 7.60. The van der Waals surface area contributed by atoms with E-state index in [1.807, 2.05) is 53.7 Å². The topological polar surface area (TPSA) is 43.4 Å². The van der Waals surface area contributed by atoms with E-state index in [1.54, 1.807) is 0 Å². The Kier molecular flexibility index (Phi) is 11.6. The van der Waals surface area contributed by atoms with Crippen molar-refractivity contribution in [2.75, 3.05) is 6.61 Å². The Hall–Kier alpha value is -3.72. The van der Waals surface area contributed by atoms with Gasteiger partial charge in [0.25, 0.3) is 0 Å². The Bertz CT molecular complexity index is 1500. The van der Waals surface area contributed by atoms with Crippen molar-refractivity contribution in [2.24, 2.45) is 11.8 Å². The van der Waals surface area contributed by atoms with Crippen molar-refractivity contribution in [3.05, 3.63) is 128 Å². The molecular formula is C41H50O3. The van der Waals surface area contributed by atoms with Crippen LogP contribution in [0.25, 0.3) is 0 Å². The van der Waals surface area contributed by atoms with Crippen molar-refractivity contribution in [3.8, 4) is 0 Å². The van der Waals surface area contributed by atoms with Gasteiger partial charge in [0.05, 0.1) is 6.61 Å². The van der Waals surface area contributed by atoms with Crippen LogP contribution in [0.5, 0.6) is 0 Å². The van der Waals surface area contributed by atoms with Gasteiger partial charge in [-0.15, -0.1) is 0 Å². The first kappa shape index (κ1) is 33.2. The van der Waals surface area contributed by atoms with E-state index in [9.17, 15) is 9.59 Å². The maximum Gasteiger partial charge on any atom is 0.333 e. The quantitative estimate of drug-likeness (QED) is 0.127. The van der Waals surface area contributed by atoms with E-state index in [1.165, 1.54) is 46.2 Å². The van der Waals surface area contributed by atoms with Crippen LogP contribution >= 0.6 is 0 Å². The molecule has 3 heteroatoms. The number of benzene rings is 3. The zero-order valence-electron chi connectivity index (χ0n) is 27.9. The highest BCUT2D eigenvalue weighted by Crippen LogP contribution is 2.32. The Labute approximate surface area is 265 Å². The molecule has 232 valence electrons. The fourth-order valence-corrected chi connectivity index (χ4v) is 5.97. The fraction of sp³-hybridized carbons (Fsp3) is 0.415. The van der Waals surface area contributed by atoms with Crippen molar-refractivity contribution in [2.45, 2.75) is 93.4 Å². The molecular weight excluding hydrogens is 540 g/mol. The molecule has 0 aromatic heterocycles. The van der Waals surface area contributed by atoms with Gasteiger partial charge in [0, 0.05) is 11.1 Å². The number of allylic oxidation sites excluding steroid dienone is 3. The lowest BCUT2D eigenvalue weighted by Gasteiger charge is -2.28. The first-order valence-electron chi connectivity index (χ1n) is 16.2. The molecule has 1 saturated carbocycles. The maximum atomic E-state index is 12.6. The van der Waals surface area contributed by atoms with E-state index in [0.717, 1.165) is 60.0 Å². The Morgan fingerprint density at radius 1 is 0.636 bits per heavy atom. The molecule has 44 heavy (non-hydrogen) atoms. The van der Waals surface area contributed by atoms with Gasteiger partial charge < -0.3 is 4.74 Å². The smallest absolute Gasteiger partial charge is 0.333 e. The molecule has 3 aromatic rings. The highest BCUT2D eigenvalue weighted by molar-refractivity contribution is 6.08. The van der Waals surface area contributed by atoms with E-state index in [2.05, 4.69) is 61.5 Å². The van der Waals surface area contributed by atoms with Crippen molar-refractivity contribution in [1.82, 2.24) is 0 Å². The van der Waals surface area contributed by atoms with Crippen LogP contribution in [-0.2, 0) is 28.8 Å². The molecule has 0 heterocycles. The molecule has 1 fully saturated rings. The minimum absolute atomic E-state index is 0.110. The molecule has 0 saturated heterocycles. The zero-order valence-corrected chi connectivity index (χ0v) is 27.9. The number of carbonyl (C=O) groups is 2. The second-order valence-corrected chi connectivity index (χ2v) is 13.4.